The van der Waals surface area contributed by atoms with Crippen molar-refractivity contribution >= 4 is 5.97 Å². The number of fused-ring (bicyclic) bond motifs is 1. The van der Waals surface area contributed by atoms with Crippen LogP contribution in [0.15, 0.2) is 66.7 Å². The summed E-state index contributed by atoms with van der Waals surface area (Å²) in [7, 11) is 0. The molecule has 0 saturated carbocycles. The number of halogens is 1. The standard InChI is InChI=1S/C26H22FNO4/c1-26(2)24(29)22(19-13-17(14-28)11-12-21(19)32-26)18-9-6-10-20(27)23(18)25(30)31-15-16-7-4-3-5-8-16/h3-13,22,24,29H,15H2,1-2H3/t22-,24+/m0/s1. The number of aliphatic hydroxyl groups excluding tert-OH is 1. The van der Waals surface area contributed by atoms with Crippen LogP contribution in [-0.2, 0) is 11.3 Å². The molecule has 162 valence electrons. The highest BCUT2D eigenvalue weighted by Crippen LogP contribution is 2.46. The fraction of sp³-hybridized carbons (Fsp3) is 0.231. The maximum Gasteiger partial charge on any atom is 0.341 e. The quantitative estimate of drug-likeness (QED) is 0.605. The van der Waals surface area contributed by atoms with Crippen molar-refractivity contribution in [3.8, 4) is 11.8 Å². The number of esters is 1. The molecule has 5 nitrogen and oxygen atoms in total. The first-order valence-electron chi connectivity index (χ1n) is 10.2. The van der Waals surface area contributed by atoms with E-state index in [4.69, 9.17) is 9.47 Å². The Morgan fingerprint density at radius 3 is 2.59 bits per heavy atom. The van der Waals surface area contributed by atoms with E-state index < -0.39 is 29.4 Å². The third-order valence-electron chi connectivity index (χ3n) is 5.67. The minimum atomic E-state index is -1.11. The van der Waals surface area contributed by atoms with Gasteiger partial charge in [-0.05, 0) is 49.2 Å². The molecular weight excluding hydrogens is 409 g/mol. The van der Waals surface area contributed by atoms with E-state index in [2.05, 4.69) is 6.07 Å². The molecule has 1 aliphatic heterocycles. The molecule has 32 heavy (non-hydrogen) atoms. The van der Waals surface area contributed by atoms with Gasteiger partial charge >= 0.3 is 5.97 Å². The highest BCUT2D eigenvalue weighted by Gasteiger charge is 2.45. The third-order valence-corrected chi connectivity index (χ3v) is 5.67. The number of hydrogen-bond acceptors (Lipinski definition) is 5. The van der Waals surface area contributed by atoms with Gasteiger partial charge in [0.05, 0.1) is 17.2 Å². The summed E-state index contributed by atoms with van der Waals surface area (Å²) < 4.78 is 26.3. The molecule has 0 radical (unpaired) electrons. The van der Waals surface area contributed by atoms with Gasteiger partial charge in [0.25, 0.3) is 0 Å². The number of ether oxygens (including phenoxy) is 2. The molecule has 0 fully saturated rings. The zero-order chi connectivity index (χ0) is 22.9. The molecule has 0 amide bonds. The van der Waals surface area contributed by atoms with Gasteiger partial charge in [-0.15, -0.1) is 0 Å². The highest BCUT2D eigenvalue weighted by molar-refractivity contribution is 5.92. The minimum Gasteiger partial charge on any atom is -0.485 e. The van der Waals surface area contributed by atoms with Crippen LogP contribution < -0.4 is 4.74 Å². The normalized spacial score (nSPS) is 18.7. The summed E-state index contributed by atoms with van der Waals surface area (Å²) >= 11 is 0. The average molecular weight is 431 g/mol. The molecular formula is C26H22FNO4. The van der Waals surface area contributed by atoms with Gasteiger partial charge in [-0.3, -0.25) is 0 Å². The lowest BCUT2D eigenvalue weighted by molar-refractivity contribution is -0.0513. The van der Waals surface area contributed by atoms with Crippen molar-refractivity contribution in [1.29, 1.82) is 5.26 Å². The number of nitriles is 1. The first-order valence-corrected chi connectivity index (χ1v) is 10.2. The molecule has 1 N–H and O–H groups in total. The molecule has 0 aromatic heterocycles. The Bertz CT molecular complexity index is 1200. The van der Waals surface area contributed by atoms with Gasteiger partial charge < -0.3 is 14.6 Å². The predicted molar refractivity (Wildman–Crippen MR) is 116 cm³/mol. The molecule has 1 aliphatic rings. The molecule has 4 rings (SSSR count). The molecule has 0 saturated heterocycles. The molecule has 2 atom stereocenters. The van der Waals surface area contributed by atoms with Gasteiger partial charge in [-0.2, -0.15) is 5.26 Å². The smallest absolute Gasteiger partial charge is 0.341 e. The summed E-state index contributed by atoms with van der Waals surface area (Å²) in [4.78, 5) is 13.0. The lowest BCUT2D eigenvalue weighted by Gasteiger charge is -2.42. The second-order valence-corrected chi connectivity index (χ2v) is 8.26. The van der Waals surface area contributed by atoms with E-state index in [1.807, 2.05) is 18.2 Å². The van der Waals surface area contributed by atoms with Gasteiger partial charge in [0.1, 0.15) is 29.9 Å². The monoisotopic (exact) mass is 431 g/mol. The Labute approximate surface area is 185 Å². The number of carbonyl (C=O) groups is 1. The Morgan fingerprint density at radius 2 is 1.88 bits per heavy atom. The van der Waals surface area contributed by atoms with Gasteiger partial charge in [-0.1, -0.05) is 42.5 Å². The zero-order valence-electron chi connectivity index (χ0n) is 17.7. The summed E-state index contributed by atoms with van der Waals surface area (Å²) in [5.74, 6) is -1.89. The van der Waals surface area contributed by atoms with Gasteiger partial charge in [-0.25, -0.2) is 9.18 Å². The van der Waals surface area contributed by atoms with Crippen molar-refractivity contribution in [2.45, 2.75) is 38.1 Å². The summed E-state index contributed by atoms with van der Waals surface area (Å²) in [5, 5.41) is 20.5. The van der Waals surface area contributed by atoms with E-state index in [9.17, 15) is 19.6 Å². The summed E-state index contributed by atoms with van der Waals surface area (Å²) in [6.45, 7) is 3.43. The van der Waals surface area contributed by atoms with Gasteiger partial charge in [0, 0.05) is 11.5 Å². The van der Waals surface area contributed by atoms with Crippen molar-refractivity contribution < 1.29 is 23.8 Å². The maximum absolute atomic E-state index is 15.0. The molecule has 0 aliphatic carbocycles. The van der Waals surface area contributed by atoms with E-state index in [0.29, 0.717) is 16.9 Å². The summed E-state index contributed by atoms with van der Waals surface area (Å²) in [5.41, 5.74) is 0.688. The van der Waals surface area contributed by atoms with Crippen molar-refractivity contribution in [2.75, 3.05) is 0 Å². The Morgan fingerprint density at radius 1 is 1.12 bits per heavy atom. The summed E-state index contributed by atoms with van der Waals surface area (Å²) in [6.07, 6.45) is -1.11. The Hall–Kier alpha value is -3.69. The molecule has 6 heteroatoms. The number of rotatable bonds is 4. The van der Waals surface area contributed by atoms with Crippen molar-refractivity contribution in [2.24, 2.45) is 0 Å². The topological polar surface area (TPSA) is 79.5 Å². The second-order valence-electron chi connectivity index (χ2n) is 8.26. The number of nitrogens with zero attached hydrogens (tertiary/aromatic N) is 1. The predicted octanol–water partition coefficient (Wildman–Crippen LogP) is 4.72. The number of benzene rings is 3. The van der Waals surface area contributed by atoms with Crippen LogP contribution in [0.1, 0.15) is 52.4 Å². The minimum absolute atomic E-state index is 0.00948. The first kappa shape index (κ1) is 21.5. The number of aliphatic hydroxyl groups is 1. The Balaban J connectivity index is 1.79. The van der Waals surface area contributed by atoms with E-state index in [1.54, 1.807) is 50.2 Å². The fourth-order valence-electron chi connectivity index (χ4n) is 4.02. The number of carbonyl (C=O) groups excluding carboxylic acids is 1. The summed E-state index contributed by atoms with van der Waals surface area (Å²) in [6, 6.07) is 20.3. The number of hydrogen-bond donors (Lipinski definition) is 1. The van der Waals surface area contributed by atoms with Gasteiger partial charge in [0.2, 0.25) is 0 Å². The van der Waals surface area contributed by atoms with E-state index >= 15 is 0 Å². The van der Waals surface area contributed by atoms with E-state index in [1.165, 1.54) is 12.1 Å². The molecule has 1 heterocycles. The van der Waals surface area contributed by atoms with E-state index in [-0.39, 0.29) is 17.7 Å². The van der Waals surface area contributed by atoms with E-state index in [0.717, 1.165) is 5.56 Å². The van der Waals surface area contributed by atoms with Gasteiger partial charge in [0.15, 0.2) is 0 Å². The van der Waals surface area contributed by atoms with Crippen LogP contribution in [0.2, 0.25) is 0 Å². The molecule has 0 unspecified atom stereocenters. The van der Waals surface area contributed by atoms with Crippen molar-refractivity contribution in [3.05, 3.63) is 100 Å². The lowest BCUT2D eigenvalue weighted by atomic mass is 9.75. The molecule has 3 aromatic rings. The molecule has 0 bridgehead atoms. The third kappa shape index (κ3) is 3.95. The van der Waals surface area contributed by atoms with Crippen LogP contribution in [0.25, 0.3) is 0 Å². The lowest BCUT2D eigenvalue weighted by Crippen LogP contribution is -2.49. The molecule has 0 spiro atoms. The van der Waals surface area contributed by atoms with Crippen molar-refractivity contribution in [1.82, 2.24) is 0 Å². The Kier molecular flexibility index (Phi) is 5.68. The highest BCUT2D eigenvalue weighted by atomic mass is 19.1. The van der Waals surface area contributed by atoms with Crippen LogP contribution in [0.5, 0.6) is 5.75 Å². The van der Waals surface area contributed by atoms with Crippen LogP contribution >= 0.6 is 0 Å². The average Bonchev–Trinajstić information content (AvgIpc) is 2.78. The first-order chi connectivity index (χ1) is 15.3. The SMILES string of the molecule is CC1(C)Oc2ccc(C#N)cc2[C@H](c2cccc(F)c2C(=O)OCc2ccccc2)[C@H]1O. The van der Waals surface area contributed by atoms with Crippen LogP contribution in [-0.4, -0.2) is 22.8 Å². The fourth-order valence-corrected chi connectivity index (χ4v) is 4.02. The van der Waals surface area contributed by atoms with Crippen molar-refractivity contribution in [3.63, 3.8) is 0 Å². The zero-order valence-corrected chi connectivity index (χ0v) is 17.7. The van der Waals surface area contributed by atoms with Crippen LogP contribution in [0, 0.1) is 17.1 Å². The van der Waals surface area contributed by atoms with Crippen LogP contribution in [0.4, 0.5) is 4.39 Å². The molecule has 3 aromatic carbocycles. The maximum atomic E-state index is 15.0. The largest absolute Gasteiger partial charge is 0.485 e. The second kappa shape index (κ2) is 8.45. The van der Waals surface area contributed by atoms with Crippen LogP contribution in [0.3, 0.4) is 0 Å².